The van der Waals surface area contributed by atoms with E-state index in [9.17, 15) is 0 Å². The fourth-order valence-electron chi connectivity index (χ4n) is 0.870. The number of hydrogen-bond acceptors (Lipinski definition) is 0. The highest BCUT2D eigenvalue weighted by molar-refractivity contribution is 5.48. The van der Waals surface area contributed by atoms with Crippen LogP contribution in [-0.4, -0.2) is 0 Å². The van der Waals surface area contributed by atoms with Crippen molar-refractivity contribution in [1.29, 1.82) is 0 Å². The van der Waals surface area contributed by atoms with Crippen LogP contribution in [0.3, 0.4) is 0 Å². The molecule has 0 atom stereocenters. The average molecular weight is 132 g/mol. The van der Waals surface area contributed by atoms with Crippen LogP contribution in [0.1, 0.15) is 18.1 Å². The van der Waals surface area contributed by atoms with Gasteiger partial charge in [-0.25, -0.2) is 0 Å². The van der Waals surface area contributed by atoms with Crippen LogP contribution < -0.4 is 0 Å². The molecule has 1 aromatic rings. The summed E-state index contributed by atoms with van der Waals surface area (Å²) in [6, 6.07) is 8.48. The summed E-state index contributed by atoms with van der Waals surface area (Å²) in [5, 5.41) is 0. The van der Waals surface area contributed by atoms with Crippen molar-refractivity contribution >= 4 is 6.08 Å². The van der Waals surface area contributed by atoms with E-state index >= 15 is 0 Å². The summed E-state index contributed by atoms with van der Waals surface area (Å²) in [5.74, 6) is 0. The van der Waals surface area contributed by atoms with Gasteiger partial charge in [0.05, 0.1) is 0 Å². The molecule has 0 aliphatic heterocycles. The van der Waals surface area contributed by atoms with E-state index in [1.54, 1.807) is 0 Å². The number of hydrogen-bond donors (Lipinski definition) is 0. The molecule has 0 bridgehead atoms. The maximum absolute atomic E-state index is 2.12. The second-order valence-electron chi connectivity index (χ2n) is 2.41. The Morgan fingerprint density at radius 3 is 2.20 bits per heavy atom. The Hall–Kier alpha value is -1.04. The molecule has 0 aliphatic carbocycles. The minimum Gasteiger partial charge on any atom is -0.0871 e. The molecule has 0 saturated carbocycles. The van der Waals surface area contributed by atoms with Crippen LogP contribution >= 0.6 is 0 Å². The Balaban J connectivity index is 2.89. The zero-order valence-corrected chi connectivity index (χ0v) is 6.46. The van der Waals surface area contributed by atoms with Gasteiger partial charge in [0.1, 0.15) is 0 Å². The first-order valence-corrected chi connectivity index (χ1v) is 3.52. The molecule has 0 amide bonds. The molecule has 0 fully saturated rings. The number of benzene rings is 1. The Labute approximate surface area is 62.2 Å². The molecule has 1 rings (SSSR count). The average Bonchev–Trinajstić information content (AvgIpc) is 1.95. The normalized spacial score (nSPS) is 10.6. The third-order valence-electron chi connectivity index (χ3n) is 1.44. The number of aryl methyl sites for hydroxylation is 1. The molecule has 0 spiro atoms. The van der Waals surface area contributed by atoms with E-state index in [1.807, 2.05) is 13.0 Å². The monoisotopic (exact) mass is 132 g/mol. The lowest BCUT2D eigenvalue weighted by atomic mass is 10.1. The largest absolute Gasteiger partial charge is 0.0871 e. The summed E-state index contributed by atoms with van der Waals surface area (Å²) in [4.78, 5) is 0. The molecule has 0 nitrogen and oxygen atoms in total. The third-order valence-corrected chi connectivity index (χ3v) is 1.44. The fourth-order valence-corrected chi connectivity index (χ4v) is 0.870. The smallest absolute Gasteiger partial charge is 0.0260 e. The lowest BCUT2D eigenvalue weighted by Crippen LogP contribution is -1.71. The molecular weight excluding hydrogens is 120 g/mol. The quantitative estimate of drug-likeness (QED) is 0.551. The topological polar surface area (TPSA) is 0 Å². The predicted octanol–water partition coefficient (Wildman–Crippen LogP) is 3.03. The van der Waals surface area contributed by atoms with Crippen molar-refractivity contribution < 1.29 is 0 Å². The van der Waals surface area contributed by atoms with Gasteiger partial charge < -0.3 is 0 Å². The van der Waals surface area contributed by atoms with Crippen molar-refractivity contribution in [1.82, 2.24) is 0 Å². The second-order valence-corrected chi connectivity index (χ2v) is 2.41. The maximum Gasteiger partial charge on any atom is -0.0260 e. The minimum atomic E-state index is 1.27. The van der Waals surface area contributed by atoms with E-state index in [4.69, 9.17) is 0 Å². The van der Waals surface area contributed by atoms with E-state index in [-0.39, 0.29) is 0 Å². The Morgan fingerprint density at radius 2 is 1.70 bits per heavy atom. The van der Waals surface area contributed by atoms with E-state index in [0.29, 0.717) is 0 Å². The molecule has 0 heteroatoms. The van der Waals surface area contributed by atoms with Crippen LogP contribution in [0.5, 0.6) is 0 Å². The SMILES string of the molecule is C/C=C/c1ccc(C)cc1. The van der Waals surface area contributed by atoms with Crippen LogP contribution in [0.2, 0.25) is 0 Å². The van der Waals surface area contributed by atoms with E-state index < -0.39 is 0 Å². The zero-order chi connectivity index (χ0) is 7.40. The Morgan fingerprint density at radius 1 is 1.10 bits per heavy atom. The highest BCUT2D eigenvalue weighted by Crippen LogP contribution is 2.04. The highest BCUT2D eigenvalue weighted by Gasteiger charge is 1.83. The van der Waals surface area contributed by atoms with E-state index in [0.717, 1.165) is 0 Å². The zero-order valence-electron chi connectivity index (χ0n) is 6.46. The minimum absolute atomic E-state index is 1.27. The van der Waals surface area contributed by atoms with Crippen molar-refractivity contribution in [3.63, 3.8) is 0 Å². The van der Waals surface area contributed by atoms with Gasteiger partial charge in [0.25, 0.3) is 0 Å². The predicted molar refractivity (Wildman–Crippen MR) is 45.9 cm³/mol. The Kier molecular flexibility index (Phi) is 2.27. The third kappa shape index (κ3) is 1.73. The molecule has 0 heterocycles. The molecule has 1 aromatic carbocycles. The van der Waals surface area contributed by atoms with Gasteiger partial charge >= 0.3 is 0 Å². The van der Waals surface area contributed by atoms with Crippen LogP contribution in [0, 0.1) is 6.92 Å². The molecule has 0 aromatic heterocycles. The van der Waals surface area contributed by atoms with Gasteiger partial charge in [-0.15, -0.1) is 0 Å². The molecule has 0 radical (unpaired) electrons. The van der Waals surface area contributed by atoms with Crippen molar-refractivity contribution in [3.05, 3.63) is 41.5 Å². The lowest BCUT2D eigenvalue weighted by molar-refractivity contribution is 1.46. The molecular formula is C10H12. The van der Waals surface area contributed by atoms with E-state index in [1.165, 1.54) is 11.1 Å². The van der Waals surface area contributed by atoms with Gasteiger partial charge in [0.15, 0.2) is 0 Å². The first kappa shape index (κ1) is 7.07. The summed E-state index contributed by atoms with van der Waals surface area (Å²) in [6.07, 6.45) is 4.14. The van der Waals surface area contributed by atoms with Crippen molar-refractivity contribution in [2.45, 2.75) is 13.8 Å². The first-order chi connectivity index (χ1) is 4.83. The molecule has 0 N–H and O–H groups in total. The summed E-state index contributed by atoms with van der Waals surface area (Å²) in [7, 11) is 0. The van der Waals surface area contributed by atoms with Gasteiger partial charge in [0.2, 0.25) is 0 Å². The number of rotatable bonds is 1. The van der Waals surface area contributed by atoms with Crippen LogP contribution in [0.25, 0.3) is 6.08 Å². The maximum atomic E-state index is 2.12. The first-order valence-electron chi connectivity index (χ1n) is 3.52. The van der Waals surface area contributed by atoms with Crippen LogP contribution in [0.4, 0.5) is 0 Å². The molecule has 0 saturated heterocycles. The van der Waals surface area contributed by atoms with Crippen LogP contribution in [-0.2, 0) is 0 Å². The van der Waals surface area contributed by atoms with Gasteiger partial charge in [0, 0.05) is 0 Å². The van der Waals surface area contributed by atoms with Gasteiger partial charge in [-0.3, -0.25) is 0 Å². The highest BCUT2D eigenvalue weighted by atomic mass is 13.9. The fraction of sp³-hybridized carbons (Fsp3) is 0.200. The van der Waals surface area contributed by atoms with Gasteiger partial charge in [-0.05, 0) is 19.4 Å². The molecule has 0 aliphatic rings. The number of allylic oxidation sites excluding steroid dienone is 1. The van der Waals surface area contributed by atoms with Gasteiger partial charge in [-0.2, -0.15) is 0 Å². The van der Waals surface area contributed by atoms with Crippen molar-refractivity contribution in [2.75, 3.05) is 0 Å². The van der Waals surface area contributed by atoms with Crippen molar-refractivity contribution in [2.24, 2.45) is 0 Å². The Bertz CT molecular complexity index is 216. The molecule has 52 valence electrons. The molecule has 0 unspecified atom stereocenters. The summed E-state index contributed by atoms with van der Waals surface area (Å²) in [6.45, 7) is 4.12. The summed E-state index contributed by atoms with van der Waals surface area (Å²) >= 11 is 0. The van der Waals surface area contributed by atoms with Crippen LogP contribution in [0.15, 0.2) is 30.3 Å². The van der Waals surface area contributed by atoms with Gasteiger partial charge in [-0.1, -0.05) is 42.0 Å². The summed E-state index contributed by atoms with van der Waals surface area (Å²) in [5.41, 5.74) is 2.58. The van der Waals surface area contributed by atoms with E-state index in [2.05, 4.69) is 37.3 Å². The second kappa shape index (κ2) is 3.21. The van der Waals surface area contributed by atoms with Crippen molar-refractivity contribution in [3.8, 4) is 0 Å². The summed E-state index contributed by atoms with van der Waals surface area (Å²) < 4.78 is 0. The standard InChI is InChI=1S/C10H12/c1-3-4-10-7-5-9(2)6-8-10/h3-8H,1-2H3/b4-3+. The molecule has 10 heavy (non-hydrogen) atoms. The lowest BCUT2D eigenvalue weighted by Gasteiger charge is -1.92.